The second-order valence-corrected chi connectivity index (χ2v) is 75.6. The van der Waals surface area contributed by atoms with Crippen molar-refractivity contribution in [3.8, 4) is 0 Å². The van der Waals surface area contributed by atoms with E-state index in [1.807, 2.05) is 20.0 Å². The summed E-state index contributed by atoms with van der Waals surface area (Å²) in [7, 11) is -11.7. The first-order chi connectivity index (χ1) is 24.6. The molecule has 0 spiro atoms. The molecule has 0 heterocycles. The van der Waals surface area contributed by atoms with Gasteiger partial charge in [0.05, 0.1) is 0 Å². The molecule has 0 aromatic heterocycles. The average Bonchev–Trinajstić information content (AvgIpc) is 2.85. The Labute approximate surface area is 377 Å². The Bertz CT molecular complexity index is 1620. The Kier molecular flexibility index (Phi) is 16.1. The molecule has 57 heavy (non-hydrogen) atoms. The fourth-order valence-corrected chi connectivity index (χ4v) is 80.9. The Morgan fingerprint density at radius 2 is 0.684 bits per heavy atom. The predicted octanol–water partition coefficient (Wildman–Crippen LogP) is 15.6. The van der Waals surface area contributed by atoms with Crippen molar-refractivity contribution in [1.82, 2.24) is 0 Å². The SMILES string of the molecule is CC(C)(C)c1cc(C(C)(C)C)c([P]=[Bi][c]2c(C([Si](C)(C)C)[Si](C)(C)C)cc(C([Si](C)(C)C)([Si](C)(C)C)[Si](C)(C)C)cc2C([Si](C)(C)C)[Si](C)(C)C)c(C(C)(C)C)c1. The molecule has 0 aliphatic carbocycles. The zero-order valence-electron chi connectivity index (χ0n) is 43.9. The summed E-state index contributed by atoms with van der Waals surface area (Å²) in [6.45, 7) is 80.1. The van der Waals surface area contributed by atoms with Gasteiger partial charge in [-0.3, -0.25) is 0 Å². The van der Waals surface area contributed by atoms with Gasteiger partial charge in [0.1, 0.15) is 0 Å². The summed E-state index contributed by atoms with van der Waals surface area (Å²) >= 11 is -1.32. The third-order valence-electron chi connectivity index (χ3n) is 12.9. The molecule has 0 fully saturated rings. The van der Waals surface area contributed by atoms with E-state index in [-0.39, 0.29) is 16.2 Å². The van der Waals surface area contributed by atoms with Gasteiger partial charge in [-0.05, 0) is 0 Å². The van der Waals surface area contributed by atoms with Gasteiger partial charge >= 0.3 is 381 Å². The Hall–Kier alpha value is 1.14. The first-order valence-corrected chi connectivity index (χ1v) is 54.5. The van der Waals surface area contributed by atoms with Crippen molar-refractivity contribution in [2.75, 3.05) is 0 Å². The van der Waals surface area contributed by atoms with Gasteiger partial charge in [-0.25, -0.2) is 0 Å². The molecule has 0 unspecified atom stereocenters. The normalized spacial score (nSPS) is 15.4. The average molecular weight is 1110 g/mol. The van der Waals surface area contributed by atoms with Crippen LogP contribution in [0.1, 0.15) is 106 Å². The van der Waals surface area contributed by atoms with E-state index in [1.54, 1.807) is 21.8 Å². The second kappa shape index (κ2) is 16.9. The quantitative estimate of drug-likeness (QED) is 0.147. The molecule has 0 nitrogen and oxygen atoms in total. The maximum absolute atomic E-state index is 3.04. The summed E-state index contributed by atoms with van der Waals surface area (Å²) < 4.78 is 2.34. The fourth-order valence-electron chi connectivity index (χ4n) is 13.0. The molecule has 326 valence electrons. The predicted molar refractivity (Wildman–Crippen MR) is 292 cm³/mol. The molecule has 0 N–H and O–H groups in total. The fraction of sp³-hybridized carbons (Fsp3) is 0.750. The second-order valence-electron chi connectivity index (χ2n) is 28.7. The van der Waals surface area contributed by atoms with E-state index in [0.717, 1.165) is 10.3 Å². The molecule has 9 heteroatoms. The van der Waals surface area contributed by atoms with Crippen LogP contribution in [0.15, 0.2) is 24.3 Å². The molecular formula is C48H96BiPSi7. The van der Waals surface area contributed by atoms with Crippen LogP contribution in [-0.2, 0) is 20.5 Å². The molecule has 0 atom stereocenters. The molecule has 0 radical (unpaired) electrons. The Balaban J connectivity index is 3.73. The maximum atomic E-state index is 3.04. The molecule has 2 aromatic carbocycles. The summed E-state index contributed by atoms with van der Waals surface area (Å²) in [6.07, 6.45) is 0. The number of rotatable bonds is 12. The van der Waals surface area contributed by atoms with Gasteiger partial charge < -0.3 is 0 Å². The van der Waals surface area contributed by atoms with Crippen LogP contribution in [-0.4, -0.2) is 78.6 Å². The van der Waals surface area contributed by atoms with Crippen LogP contribution >= 0.6 is 5.40 Å². The monoisotopic (exact) mass is 1110 g/mol. The van der Waals surface area contributed by atoms with Crippen LogP contribution < -0.4 is 8.58 Å². The van der Waals surface area contributed by atoms with E-state index in [9.17, 15) is 0 Å². The molecule has 0 aliphatic heterocycles. The van der Waals surface area contributed by atoms with Crippen molar-refractivity contribution >= 4 is 92.6 Å². The van der Waals surface area contributed by atoms with Gasteiger partial charge in [0.2, 0.25) is 0 Å². The zero-order chi connectivity index (χ0) is 45.5. The van der Waals surface area contributed by atoms with E-state index in [2.05, 4.69) is 224 Å². The summed E-state index contributed by atoms with van der Waals surface area (Å²) in [4.78, 5) is 0. The summed E-state index contributed by atoms with van der Waals surface area (Å²) in [5.41, 5.74) is 10.7. The van der Waals surface area contributed by atoms with E-state index in [0.29, 0.717) is 4.28 Å². The summed E-state index contributed by atoms with van der Waals surface area (Å²) in [5, 5.41) is 4.86. The van der Waals surface area contributed by atoms with Crippen molar-refractivity contribution in [3.63, 3.8) is 0 Å². The van der Waals surface area contributed by atoms with E-state index in [1.165, 1.54) is 5.56 Å². The van der Waals surface area contributed by atoms with Gasteiger partial charge in [-0.2, -0.15) is 0 Å². The zero-order valence-corrected chi connectivity index (χ0v) is 55.2. The van der Waals surface area contributed by atoms with Crippen LogP contribution in [0.2, 0.25) is 137 Å². The molecule has 0 amide bonds. The minimum atomic E-state index is -1.73. The molecule has 0 bridgehead atoms. The number of hydrogen-bond acceptors (Lipinski definition) is 0. The summed E-state index contributed by atoms with van der Waals surface area (Å²) in [5.74, 6) is 0. The number of hydrogen-bond donors (Lipinski definition) is 0. The van der Waals surface area contributed by atoms with Crippen molar-refractivity contribution in [3.05, 3.63) is 57.6 Å². The third-order valence-corrected chi connectivity index (χ3v) is 61.4. The van der Waals surface area contributed by atoms with Crippen molar-refractivity contribution < 1.29 is 0 Å². The van der Waals surface area contributed by atoms with Crippen molar-refractivity contribution in [1.29, 1.82) is 0 Å². The first kappa shape index (κ1) is 54.3. The molecule has 0 saturated heterocycles. The van der Waals surface area contributed by atoms with Gasteiger partial charge in [0, 0.05) is 0 Å². The van der Waals surface area contributed by atoms with Gasteiger partial charge in [-0.15, -0.1) is 0 Å². The van der Waals surface area contributed by atoms with E-state index in [4.69, 9.17) is 0 Å². The minimum absolute atomic E-state index is 0.0875. The molecule has 2 rings (SSSR count). The van der Waals surface area contributed by atoms with Gasteiger partial charge in [0.25, 0.3) is 0 Å². The standard InChI is InChI=1S/C30H67Si7.C18H29P.Bi/c1-31(2,3)28(32(4,5)6)25-22-26(29(33(7,8)9)34(10,11)12)24-27(23-25)30(35(13,14)15,36(16,17)18)37(19,20)21;1-16(2,3)12-10-13(17(4,5)6)15(19)14(11-12)18(7,8)9;/h23-24,28-29H,1-21H3;10-11H,1-9H3;. The van der Waals surface area contributed by atoms with Crippen LogP contribution in [0.3, 0.4) is 0 Å². The van der Waals surface area contributed by atoms with Crippen LogP contribution in [0.25, 0.3) is 0 Å². The van der Waals surface area contributed by atoms with E-state index < -0.39 is 78.6 Å². The summed E-state index contributed by atoms with van der Waals surface area (Å²) in [6, 6.07) is 11.4. The third kappa shape index (κ3) is 11.8. The van der Waals surface area contributed by atoms with Crippen LogP contribution in [0.5, 0.6) is 0 Å². The first-order valence-electron chi connectivity index (χ1n) is 22.4. The van der Waals surface area contributed by atoms with Gasteiger partial charge in [0.15, 0.2) is 0 Å². The Morgan fingerprint density at radius 1 is 0.404 bits per heavy atom. The Morgan fingerprint density at radius 3 is 0.895 bits per heavy atom. The van der Waals surface area contributed by atoms with Crippen LogP contribution in [0.4, 0.5) is 0 Å². The number of benzene rings is 2. The molecule has 0 saturated carbocycles. The van der Waals surface area contributed by atoms with Crippen molar-refractivity contribution in [2.24, 2.45) is 0 Å². The topological polar surface area (TPSA) is 0 Å². The van der Waals surface area contributed by atoms with Crippen LogP contribution in [0, 0.1) is 0 Å². The van der Waals surface area contributed by atoms with Gasteiger partial charge in [-0.1, -0.05) is 0 Å². The molecule has 0 aliphatic rings. The molecule has 2 aromatic rings. The van der Waals surface area contributed by atoms with E-state index >= 15 is 0 Å². The molecular weight excluding hydrogens is 1010 g/mol. The van der Waals surface area contributed by atoms with Crippen molar-refractivity contribution in [2.45, 2.75) is 231 Å².